The third-order valence-corrected chi connectivity index (χ3v) is 6.41. The van der Waals surface area contributed by atoms with E-state index < -0.39 is 5.92 Å². The number of fused-ring (bicyclic) bond motifs is 1. The van der Waals surface area contributed by atoms with Crippen LogP contribution in [0, 0.1) is 0 Å². The minimum atomic E-state index is -0.402. The Bertz CT molecular complexity index is 1140. The van der Waals surface area contributed by atoms with Crippen molar-refractivity contribution in [1.29, 1.82) is 0 Å². The van der Waals surface area contributed by atoms with Gasteiger partial charge in [-0.2, -0.15) is 0 Å². The second kappa shape index (κ2) is 9.94. The summed E-state index contributed by atoms with van der Waals surface area (Å²) in [5.41, 5.74) is 2.81. The van der Waals surface area contributed by atoms with Crippen molar-refractivity contribution < 1.29 is 9.53 Å². The number of anilines is 1. The van der Waals surface area contributed by atoms with E-state index in [1.165, 1.54) is 11.3 Å². The van der Waals surface area contributed by atoms with Crippen LogP contribution in [0.2, 0.25) is 0 Å². The lowest BCUT2D eigenvalue weighted by Gasteiger charge is -2.27. The second-order valence-corrected chi connectivity index (χ2v) is 8.89. The number of ether oxygens (including phenoxy) is 1. The molecule has 0 saturated heterocycles. The number of hydrogen-bond donors (Lipinski definition) is 0. The van der Waals surface area contributed by atoms with Crippen molar-refractivity contribution in [2.75, 3.05) is 39.2 Å². The lowest BCUT2D eigenvalue weighted by molar-refractivity contribution is -0.119. The number of methoxy groups -OCH3 is 1. The molecule has 32 heavy (non-hydrogen) atoms. The van der Waals surface area contributed by atoms with Gasteiger partial charge in [0, 0.05) is 13.1 Å². The highest BCUT2D eigenvalue weighted by molar-refractivity contribution is 7.22. The van der Waals surface area contributed by atoms with Crippen LogP contribution in [0.1, 0.15) is 17.0 Å². The molecule has 0 aliphatic rings. The second-order valence-electron chi connectivity index (χ2n) is 7.88. The largest absolute Gasteiger partial charge is 0.497 e. The number of carbonyl (C=O) groups excluding carboxylic acids is 1. The molecule has 164 valence electrons. The fraction of sp³-hybridized carbons (Fsp3) is 0.231. The summed E-state index contributed by atoms with van der Waals surface area (Å²) in [7, 11) is 5.68. The van der Waals surface area contributed by atoms with Gasteiger partial charge in [-0.05, 0) is 43.4 Å². The van der Waals surface area contributed by atoms with E-state index in [-0.39, 0.29) is 5.91 Å². The molecule has 0 atom stereocenters. The normalized spacial score (nSPS) is 11.3. The summed E-state index contributed by atoms with van der Waals surface area (Å²) >= 11 is 1.52. The highest BCUT2D eigenvalue weighted by atomic mass is 32.1. The third kappa shape index (κ3) is 4.82. The molecule has 0 saturated carbocycles. The smallest absolute Gasteiger partial charge is 0.240 e. The molecule has 0 N–H and O–H groups in total. The molecular weight excluding hydrogens is 418 g/mol. The maximum atomic E-state index is 14.1. The van der Waals surface area contributed by atoms with Gasteiger partial charge in [0.2, 0.25) is 5.91 Å². The van der Waals surface area contributed by atoms with E-state index in [0.717, 1.165) is 33.6 Å². The molecular formula is C26H27N3O2S. The number of nitrogens with zero attached hydrogens (tertiary/aromatic N) is 3. The van der Waals surface area contributed by atoms with Crippen LogP contribution in [-0.2, 0) is 4.79 Å². The topological polar surface area (TPSA) is 45.7 Å². The van der Waals surface area contributed by atoms with Gasteiger partial charge in [-0.25, -0.2) is 4.98 Å². The van der Waals surface area contributed by atoms with Gasteiger partial charge in [-0.1, -0.05) is 72.0 Å². The van der Waals surface area contributed by atoms with Crippen LogP contribution in [-0.4, -0.2) is 50.1 Å². The summed E-state index contributed by atoms with van der Waals surface area (Å²) in [5.74, 6) is 0.404. The molecule has 0 aliphatic carbocycles. The Labute approximate surface area is 192 Å². The summed E-state index contributed by atoms with van der Waals surface area (Å²) in [6.45, 7) is 1.29. The SMILES string of the molecule is COc1ccc2nc(N(CCN(C)C)C(=O)C(c3ccccc3)c3ccccc3)sc2c1. The summed E-state index contributed by atoms with van der Waals surface area (Å²) in [5, 5.41) is 0.706. The average molecular weight is 446 g/mol. The Morgan fingerprint density at radius 3 is 2.12 bits per heavy atom. The molecule has 6 heteroatoms. The van der Waals surface area contributed by atoms with E-state index in [2.05, 4.69) is 4.90 Å². The molecule has 1 aromatic heterocycles. The van der Waals surface area contributed by atoms with E-state index in [1.807, 2.05) is 97.9 Å². The summed E-state index contributed by atoms with van der Waals surface area (Å²) in [6, 6.07) is 25.7. The van der Waals surface area contributed by atoms with E-state index in [9.17, 15) is 4.79 Å². The average Bonchev–Trinajstić information content (AvgIpc) is 3.23. The van der Waals surface area contributed by atoms with Gasteiger partial charge in [0.05, 0.1) is 23.2 Å². The lowest BCUT2D eigenvalue weighted by atomic mass is 9.90. The number of carbonyl (C=O) groups is 1. The van der Waals surface area contributed by atoms with Gasteiger partial charge in [-0.3, -0.25) is 9.69 Å². The van der Waals surface area contributed by atoms with Gasteiger partial charge >= 0.3 is 0 Å². The van der Waals surface area contributed by atoms with Crippen LogP contribution in [0.25, 0.3) is 10.2 Å². The van der Waals surface area contributed by atoms with Gasteiger partial charge in [0.1, 0.15) is 5.75 Å². The summed E-state index contributed by atoms with van der Waals surface area (Å²) < 4.78 is 6.36. The molecule has 0 unspecified atom stereocenters. The molecule has 0 fully saturated rings. The molecule has 4 rings (SSSR count). The molecule has 1 heterocycles. The number of rotatable bonds is 8. The van der Waals surface area contributed by atoms with E-state index in [4.69, 9.17) is 9.72 Å². The maximum Gasteiger partial charge on any atom is 0.240 e. The van der Waals surface area contributed by atoms with Crippen molar-refractivity contribution in [1.82, 2.24) is 9.88 Å². The van der Waals surface area contributed by atoms with Crippen molar-refractivity contribution in [3.05, 3.63) is 90.0 Å². The fourth-order valence-corrected chi connectivity index (χ4v) is 4.69. The molecule has 4 aromatic rings. The third-order valence-electron chi connectivity index (χ3n) is 5.36. The zero-order valence-electron chi connectivity index (χ0n) is 18.6. The molecule has 3 aromatic carbocycles. The molecule has 0 aliphatic heterocycles. The summed E-state index contributed by atoms with van der Waals surface area (Å²) in [6.07, 6.45) is 0. The minimum Gasteiger partial charge on any atom is -0.497 e. The quantitative estimate of drug-likeness (QED) is 0.382. The van der Waals surface area contributed by atoms with Crippen LogP contribution < -0.4 is 9.64 Å². The molecule has 0 radical (unpaired) electrons. The van der Waals surface area contributed by atoms with Crippen LogP contribution in [0.3, 0.4) is 0 Å². The predicted octanol–water partition coefficient (Wildman–Crippen LogP) is 5.03. The standard InChI is InChI=1S/C26H27N3O2S/c1-28(2)16-17-29(26-27-22-15-14-21(31-3)18-23(22)32-26)25(30)24(19-10-6-4-7-11-19)20-12-8-5-9-13-20/h4-15,18,24H,16-17H2,1-3H3. The molecule has 5 nitrogen and oxygen atoms in total. The van der Waals surface area contributed by atoms with Crippen LogP contribution in [0.15, 0.2) is 78.9 Å². The zero-order chi connectivity index (χ0) is 22.5. The first-order valence-electron chi connectivity index (χ1n) is 10.6. The highest BCUT2D eigenvalue weighted by Crippen LogP contribution is 2.34. The first-order valence-corrected chi connectivity index (χ1v) is 11.4. The Morgan fingerprint density at radius 2 is 1.56 bits per heavy atom. The Kier molecular flexibility index (Phi) is 6.83. The van der Waals surface area contributed by atoms with Crippen molar-refractivity contribution in [3.63, 3.8) is 0 Å². The van der Waals surface area contributed by atoms with E-state index in [1.54, 1.807) is 7.11 Å². The molecule has 0 spiro atoms. The van der Waals surface area contributed by atoms with Crippen molar-refractivity contribution in [3.8, 4) is 5.75 Å². The number of thiazole rings is 1. The van der Waals surface area contributed by atoms with Gasteiger partial charge in [0.15, 0.2) is 5.13 Å². The molecule has 1 amide bonds. The van der Waals surface area contributed by atoms with Crippen LogP contribution in [0.5, 0.6) is 5.75 Å². The number of benzene rings is 3. The highest BCUT2D eigenvalue weighted by Gasteiger charge is 2.30. The zero-order valence-corrected chi connectivity index (χ0v) is 19.4. The first kappa shape index (κ1) is 22.0. The number of hydrogen-bond acceptors (Lipinski definition) is 5. The first-order chi connectivity index (χ1) is 15.6. The monoisotopic (exact) mass is 445 g/mol. The molecule has 0 bridgehead atoms. The predicted molar refractivity (Wildman–Crippen MR) is 132 cm³/mol. The Hall–Kier alpha value is -3.22. The maximum absolute atomic E-state index is 14.1. The minimum absolute atomic E-state index is 0.0234. The van der Waals surface area contributed by atoms with Crippen molar-refractivity contribution in [2.45, 2.75) is 5.92 Å². The van der Waals surface area contributed by atoms with Gasteiger partial charge in [-0.15, -0.1) is 0 Å². The van der Waals surface area contributed by atoms with Crippen molar-refractivity contribution in [2.24, 2.45) is 0 Å². The fourth-order valence-electron chi connectivity index (χ4n) is 3.66. The number of amides is 1. The Balaban J connectivity index is 1.78. The van der Waals surface area contributed by atoms with Crippen LogP contribution in [0.4, 0.5) is 5.13 Å². The number of aromatic nitrogens is 1. The van der Waals surface area contributed by atoms with Gasteiger partial charge < -0.3 is 9.64 Å². The van der Waals surface area contributed by atoms with E-state index >= 15 is 0 Å². The summed E-state index contributed by atoms with van der Waals surface area (Å²) in [4.78, 5) is 22.8. The lowest BCUT2D eigenvalue weighted by Crippen LogP contribution is -2.40. The number of likely N-dealkylation sites (N-methyl/N-ethyl adjacent to an activating group) is 1. The van der Waals surface area contributed by atoms with Gasteiger partial charge in [0.25, 0.3) is 0 Å². The Morgan fingerprint density at radius 1 is 0.938 bits per heavy atom. The van der Waals surface area contributed by atoms with Crippen molar-refractivity contribution >= 4 is 32.6 Å². The van der Waals surface area contributed by atoms with E-state index in [0.29, 0.717) is 11.7 Å². The van der Waals surface area contributed by atoms with Crippen LogP contribution >= 0.6 is 11.3 Å².